The minimum Gasteiger partial charge on any atom is -0.341 e. The average molecular weight is 308 g/mol. The zero-order valence-corrected chi connectivity index (χ0v) is 12.9. The molecule has 0 bridgehead atoms. The Kier molecular flexibility index (Phi) is 4.12. The van der Waals surface area contributed by atoms with Crippen molar-refractivity contribution in [2.45, 2.75) is 18.9 Å². The molecule has 1 fully saturated rings. The first kappa shape index (κ1) is 15.2. The van der Waals surface area contributed by atoms with E-state index in [1.807, 2.05) is 12.1 Å². The van der Waals surface area contributed by atoms with Crippen LogP contribution in [0.15, 0.2) is 48.5 Å². The van der Waals surface area contributed by atoms with Gasteiger partial charge in [-0.1, -0.05) is 24.3 Å². The van der Waals surface area contributed by atoms with Crippen molar-refractivity contribution < 1.29 is 9.18 Å². The van der Waals surface area contributed by atoms with Crippen molar-refractivity contribution >= 4 is 5.91 Å². The Labute approximate surface area is 135 Å². The van der Waals surface area contributed by atoms with Gasteiger partial charge in [0.25, 0.3) is 0 Å². The molecule has 2 atom stereocenters. The van der Waals surface area contributed by atoms with Gasteiger partial charge in [0, 0.05) is 19.5 Å². The van der Waals surface area contributed by atoms with Crippen LogP contribution in [0, 0.1) is 23.1 Å². The highest BCUT2D eigenvalue weighted by Gasteiger charge is 2.45. The molecule has 0 spiro atoms. The van der Waals surface area contributed by atoms with Crippen molar-refractivity contribution in [1.29, 1.82) is 5.26 Å². The Morgan fingerprint density at radius 2 is 2.04 bits per heavy atom. The lowest BCUT2D eigenvalue weighted by Gasteiger charge is -2.17. The number of hydrogen-bond donors (Lipinski definition) is 0. The van der Waals surface area contributed by atoms with Crippen LogP contribution in [0.25, 0.3) is 0 Å². The molecule has 1 saturated carbocycles. The molecule has 116 valence electrons. The van der Waals surface area contributed by atoms with Crippen LogP contribution < -0.4 is 0 Å². The summed E-state index contributed by atoms with van der Waals surface area (Å²) in [6, 6.07) is 15.8. The lowest BCUT2D eigenvalue weighted by Crippen LogP contribution is -2.28. The van der Waals surface area contributed by atoms with E-state index in [0.717, 1.165) is 17.5 Å². The molecule has 0 aliphatic heterocycles. The number of nitrogens with zero attached hydrogens (tertiary/aromatic N) is 2. The van der Waals surface area contributed by atoms with E-state index in [4.69, 9.17) is 5.26 Å². The quantitative estimate of drug-likeness (QED) is 0.868. The molecule has 23 heavy (non-hydrogen) atoms. The largest absolute Gasteiger partial charge is 0.341 e. The number of halogens is 1. The van der Waals surface area contributed by atoms with Crippen molar-refractivity contribution in [3.63, 3.8) is 0 Å². The maximum atomic E-state index is 13.0. The van der Waals surface area contributed by atoms with E-state index in [0.29, 0.717) is 12.1 Å². The number of nitriles is 1. The van der Waals surface area contributed by atoms with E-state index >= 15 is 0 Å². The van der Waals surface area contributed by atoms with Crippen molar-refractivity contribution in [3.05, 3.63) is 71.0 Å². The highest BCUT2D eigenvalue weighted by molar-refractivity contribution is 5.82. The number of benzene rings is 2. The third kappa shape index (κ3) is 3.40. The van der Waals surface area contributed by atoms with Gasteiger partial charge in [-0.05, 0) is 47.7 Å². The highest BCUT2D eigenvalue weighted by atomic mass is 19.1. The molecular weight excluding hydrogens is 291 g/mol. The molecule has 4 heteroatoms. The topological polar surface area (TPSA) is 44.1 Å². The number of amides is 1. The molecular formula is C19H17FN2O. The summed E-state index contributed by atoms with van der Waals surface area (Å²) < 4.78 is 13.0. The van der Waals surface area contributed by atoms with Gasteiger partial charge in [-0.25, -0.2) is 4.39 Å². The molecule has 2 aromatic carbocycles. The smallest absolute Gasteiger partial charge is 0.226 e. The summed E-state index contributed by atoms with van der Waals surface area (Å²) in [5.41, 5.74) is 2.56. The van der Waals surface area contributed by atoms with E-state index in [1.54, 1.807) is 36.2 Å². The average Bonchev–Trinajstić information content (AvgIpc) is 3.35. The molecule has 0 unspecified atom stereocenters. The van der Waals surface area contributed by atoms with Crippen molar-refractivity contribution in [2.75, 3.05) is 7.05 Å². The summed E-state index contributed by atoms with van der Waals surface area (Å²) in [6.45, 7) is 0.487. The van der Waals surface area contributed by atoms with Crippen LogP contribution in [0.5, 0.6) is 0 Å². The van der Waals surface area contributed by atoms with Crippen LogP contribution in [-0.2, 0) is 11.3 Å². The molecule has 3 rings (SSSR count). The summed E-state index contributed by atoms with van der Waals surface area (Å²) in [6.07, 6.45) is 0.813. The van der Waals surface area contributed by atoms with Crippen LogP contribution in [0.2, 0.25) is 0 Å². The fourth-order valence-electron chi connectivity index (χ4n) is 2.92. The van der Waals surface area contributed by atoms with Crippen molar-refractivity contribution in [2.24, 2.45) is 5.92 Å². The molecule has 1 aliphatic carbocycles. The predicted molar refractivity (Wildman–Crippen MR) is 84.9 cm³/mol. The molecule has 2 aromatic rings. The Bertz CT molecular complexity index is 764. The maximum absolute atomic E-state index is 13.0. The van der Waals surface area contributed by atoms with E-state index < -0.39 is 0 Å². The maximum Gasteiger partial charge on any atom is 0.226 e. The monoisotopic (exact) mass is 308 g/mol. The van der Waals surface area contributed by atoms with Gasteiger partial charge in [-0.15, -0.1) is 0 Å². The minimum absolute atomic E-state index is 0.0235. The second kappa shape index (κ2) is 6.21. The molecule has 0 saturated heterocycles. The van der Waals surface area contributed by atoms with Gasteiger partial charge in [0.2, 0.25) is 5.91 Å². The number of carbonyl (C=O) groups is 1. The second-order valence-electron chi connectivity index (χ2n) is 6.01. The zero-order chi connectivity index (χ0) is 16.4. The minimum atomic E-state index is -0.258. The molecule has 1 amide bonds. The SMILES string of the molecule is CN(Cc1cccc(C#N)c1)C(=O)[C@H]1C[C@H]1c1ccc(F)cc1. The van der Waals surface area contributed by atoms with Crippen LogP contribution >= 0.6 is 0 Å². The van der Waals surface area contributed by atoms with Crippen LogP contribution in [0.3, 0.4) is 0 Å². The van der Waals surface area contributed by atoms with Crippen molar-refractivity contribution in [3.8, 4) is 6.07 Å². The fourth-order valence-corrected chi connectivity index (χ4v) is 2.92. The predicted octanol–water partition coefficient (Wildman–Crippen LogP) is 3.46. The third-order valence-electron chi connectivity index (χ3n) is 4.26. The Morgan fingerprint density at radius 3 is 2.74 bits per heavy atom. The first-order valence-electron chi connectivity index (χ1n) is 7.58. The highest BCUT2D eigenvalue weighted by Crippen LogP contribution is 2.48. The van der Waals surface area contributed by atoms with Gasteiger partial charge in [-0.3, -0.25) is 4.79 Å². The van der Waals surface area contributed by atoms with E-state index in [-0.39, 0.29) is 23.6 Å². The summed E-state index contributed by atoms with van der Waals surface area (Å²) in [5.74, 6) is 0.00839. The first-order chi connectivity index (χ1) is 11.1. The normalized spacial score (nSPS) is 19.0. The summed E-state index contributed by atoms with van der Waals surface area (Å²) in [4.78, 5) is 14.2. The van der Waals surface area contributed by atoms with Gasteiger partial charge < -0.3 is 4.90 Å². The number of carbonyl (C=O) groups excluding carboxylic acids is 1. The summed E-state index contributed by atoms with van der Waals surface area (Å²) in [5, 5.41) is 8.93. The van der Waals surface area contributed by atoms with Crippen LogP contribution in [0.1, 0.15) is 29.0 Å². The summed E-state index contributed by atoms with van der Waals surface area (Å²) in [7, 11) is 1.78. The Hall–Kier alpha value is -2.67. The van der Waals surface area contributed by atoms with E-state index in [1.165, 1.54) is 12.1 Å². The summed E-state index contributed by atoms with van der Waals surface area (Å²) >= 11 is 0. The fraction of sp³-hybridized carbons (Fsp3) is 0.263. The van der Waals surface area contributed by atoms with Crippen molar-refractivity contribution in [1.82, 2.24) is 4.90 Å². The second-order valence-corrected chi connectivity index (χ2v) is 6.01. The molecule has 0 radical (unpaired) electrons. The molecule has 1 aliphatic rings. The first-order valence-corrected chi connectivity index (χ1v) is 7.58. The van der Waals surface area contributed by atoms with Gasteiger partial charge in [0.05, 0.1) is 11.6 Å². The zero-order valence-electron chi connectivity index (χ0n) is 12.9. The molecule has 3 nitrogen and oxygen atoms in total. The van der Waals surface area contributed by atoms with Gasteiger partial charge in [0.15, 0.2) is 0 Å². The van der Waals surface area contributed by atoms with Gasteiger partial charge in [0.1, 0.15) is 5.82 Å². The Balaban J connectivity index is 1.62. The van der Waals surface area contributed by atoms with E-state index in [9.17, 15) is 9.18 Å². The molecule has 0 aromatic heterocycles. The molecule has 0 heterocycles. The number of rotatable bonds is 4. The standard InChI is InChI=1S/C19H17FN2O/c1-22(12-14-4-2-3-13(9-14)11-21)19(23)18-10-17(18)15-5-7-16(20)8-6-15/h2-9,17-18H,10,12H2,1H3/t17-,18-/m0/s1. The Morgan fingerprint density at radius 1 is 1.30 bits per heavy atom. The van der Waals surface area contributed by atoms with Gasteiger partial charge >= 0.3 is 0 Å². The van der Waals surface area contributed by atoms with Crippen LogP contribution in [0.4, 0.5) is 4.39 Å². The van der Waals surface area contributed by atoms with E-state index in [2.05, 4.69) is 6.07 Å². The lowest BCUT2D eigenvalue weighted by molar-refractivity contribution is -0.131. The lowest BCUT2D eigenvalue weighted by atomic mass is 10.1. The number of hydrogen-bond acceptors (Lipinski definition) is 2. The molecule has 0 N–H and O–H groups in total. The third-order valence-corrected chi connectivity index (χ3v) is 4.26. The van der Waals surface area contributed by atoms with Crippen LogP contribution in [-0.4, -0.2) is 17.9 Å². The van der Waals surface area contributed by atoms with Gasteiger partial charge in [-0.2, -0.15) is 5.26 Å².